The number of nitrogens with one attached hydrogen (secondary N) is 1. The van der Waals surface area contributed by atoms with Crippen LogP contribution in [-0.2, 0) is 9.53 Å². The van der Waals surface area contributed by atoms with E-state index in [0.717, 1.165) is 37.7 Å². The first-order valence-corrected chi connectivity index (χ1v) is 8.66. The molecule has 0 saturated carbocycles. The third-order valence-electron chi connectivity index (χ3n) is 4.35. The van der Waals surface area contributed by atoms with E-state index in [4.69, 9.17) is 16.3 Å². The minimum absolute atomic E-state index is 0.0629. The second-order valence-corrected chi connectivity index (χ2v) is 6.44. The van der Waals surface area contributed by atoms with Crippen LogP contribution in [0.4, 0.5) is 0 Å². The fourth-order valence-electron chi connectivity index (χ4n) is 2.95. The van der Waals surface area contributed by atoms with E-state index in [2.05, 4.69) is 10.2 Å². The lowest BCUT2D eigenvalue weighted by Gasteiger charge is -2.26. The normalized spacial score (nSPS) is 17.7. The summed E-state index contributed by atoms with van der Waals surface area (Å²) in [4.78, 5) is 39.8. The maximum absolute atomic E-state index is 12.3. The van der Waals surface area contributed by atoms with Crippen molar-refractivity contribution in [2.24, 2.45) is 0 Å². The van der Waals surface area contributed by atoms with Crippen molar-refractivity contribution in [2.45, 2.75) is 6.42 Å². The molecule has 1 fully saturated rings. The van der Waals surface area contributed by atoms with Crippen LogP contribution < -0.4 is 5.32 Å². The van der Waals surface area contributed by atoms with E-state index < -0.39 is 5.91 Å². The number of nitrogens with zero attached hydrogens (tertiary/aromatic N) is 2. The van der Waals surface area contributed by atoms with Crippen LogP contribution in [0.1, 0.15) is 27.1 Å². The quantitative estimate of drug-likeness (QED) is 0.753. The molecule has 0 atom stereocenters. The monoisotopic (exact) mass is 365 g/mol. The first kappa shape index (κ1) is 17.8. The molecule has 2 aliphatic heterocycles. The van der Waals surface area contributed by atoms with Gasteiger partial charge in [0.1, 0.15) is 0 Å². The fourth-order valence-corrected chi connectivity index (χ4v) is 3.12. The molecule has 3 amide bonds. The van der Waals surface area contributed by atoms with Gasteiger partial charge in [-0.15, -0.1) is 0 Å². The zero-order chi connectivity index (χ0) is 17.8. The highest BCUT2D eigenvalue weighted by molar-refractivity contribution is 6.32. The minimum atomic E-state index is -0.399. The molecule has 7 nitrogen and oxygen atoms in total. The summed E-state index contributed by atoms with van der Waals surface area (Å²) < 4.78 is 5.27. The Morgan fingerprint density at radius 2 is 1.84 bits per heavy atom. The number of fused-ring (bicyclic) bond motifs is 1. The van der Waals surface area contributed by atoms with Crippen molar-refractivity contribution in [1.82, 2.24) is 15.1 Å². The molecule has 1 N–H and O–H groups in total. The van der Waals surface area contributed by atoms with Crippen LogP contribution in [0.25, 0.3) is 0 Å². The third kappa shape index (κ3) is 4.18. The maximum Gasteiger partial charge on any atom is 0.261 e. The number of ether oxygens (including phenoxy) is 1. The van der Waals surface area contributed by atoms with Crippen molar-refractivity contribution in [1.29, 1.82) is 0 Å². The molecule has 0 radical (unpaired) electrons. The van der Waals surface area contributed by atoms with Gasteiger partial charge in [0.15, 0.2) is 0 Å². The number of morpholine rings is 1. The van der Waals surface area contributed by atoms with Gasteiger partial charge in [-0.25, -0.2) is 0 Å². The van der Waals surface area contributed by atoms with E-state index in [0.29, 0.717) is 22.7 Å². The van der Waals surface area contributed by atoms with Gasteiger partial charge in [-0.05, 0) is 18.2 Å². The molecule has 0 bridgehead atoms. The number of rotatable bonds is 6. The van der Waals surface area contributed by atoms with Gasteiger partial charge in [-0.1, -0.05) is 11.6 Å². The Hall–Kier alpha value is -1.96. The van der Waals surface area contributed by atoms with E-state index in [-0.39, 0.29) is 24.8 Å². The van der Waals surface area contributed by atoms with E-state index in [1.807, 2.05) is 0 Å². The predicted octanol–water partition coefficient (Wildman–Crippen LogP) is 0.774. The first-order chi connectivity index (χ1) is 12.1. The summed E-state index contributed by atoms with van der Waals surface area (Å²) in [5, 5.41) is 3.23. The fraction of sp³-hybridized carbons (Fsp3) is 0.471. The Kier molecular flexibility index (Phi) is 5.67. The van der Waals surface area contributed by atoms with Gasteiger partial charge in [-0.3, -0.25) is 24.2 Å². The molecule has 2 heterocycles. The van der Waals surface area contributed by atoms with Gasteiger partial charge in [0.25, 0.3) is 11.8 Å². The zero-order valence-electron chi connectivity index (χ0n) is 13.8. The molecule has 0 aromatic heterocycles. The standard InChI is InChI=1S/C17H20ClN3O4/c18-12-1-2-13-14(11-12)17(24)21(16(13)23)5-3-15(22)19-4-6-20-7-9-25-10-8-20/h1-2,11H,3-10H2,(H,19,22). The van der Waals surface area contributed by atoms with E-state index in [1.165, 1.54) is 6.07 Å². The molecule has 0 spiro atoms. The maximum atomic E-state index is 12.3. The molecule has 0 aliphatic carbocycles. The molecular formula is C17H20ClN3O4. The molecule has 1 saturated heterocycles. The lowest BCUT2D eigenvalue weighted by Crippen LogP contribution is -2.42. The number of hydrogen-bond donors (Lipinski definition) is 1. The molecule has 2 aliphatic rings. The van der Waals surface area contributed by atoms with E-state index in [1.54, 1.807) is 12.1 Å². The van der Waals surface area contributed by atoms with Crippen molar-refractivity contribution >= 4 is 29.3 Å². The van der Waals surface area contributed by atoms with Crippen LogP contribution in [0, 0.1) is 0 Å². The van der Waals surface area contributed by atoms with Crippen molar-refractivity contribution in [3.63, 3.8) is 0 Å². The number of imide groups is 1. The van der Waals surface area contributed by atoms with Gasteiger partial charge in [0.2, 0.25) is 5.91 Å². The molecule has 3 rings (SSSR count). The summed E-state index contributed by atoms with van der Waals surface area (Å²) in [5.74, 6) is -0.954. The van der Waals surface area contributed by atoms with Crippen LogP contribution in [0.2, 0.25) is 5.02 Å². The number of carbonyl (C=O) groups excluding carboxylic acids is 3. The van der Waals surface area contributed by atoms with Crippen LogP contribution >= 0.6 is 11.6 Å². The Bertz CT molecular complexity index is 688. The second-order valence-electron chi connectivity index (χ2n) is 6.01. The summed E-state index contributed by atoms with van der Waals surface area (Å²) in [6, 6.07) is 4.60. The third-order valence-corrected chi connectivity index (χ3v) is 4.58. The number of benzene rings is 1. The first-order valence-electron chi connectivity index (χ1n) is 8.29. The van der Waals surface area contributed by atoms with Gasteiger partial charge < -0.3 is 10.1 Å². The lowest BCUT2D eigenvalue weighted by molar-refractivity contribution is -0.121. The Morgan fingerprint density at radius 1 is 1.12 bits per heavy atom. The minimum Gasteiger partial charge on any atom is -0.379 e. The van der Waals surface area contributed by atoms with Crippen LogP contribution in [0.15, 0.2) is 18.2 Å². The van der Waals surface area contributed by atoms with Crippen LogP contribution in [0.3, 0.4) is 0 Å². The highest BCUT2D eigenvalue weighted by Crippen LogP contribution is 2.25. The van der Waals surface area contributed by atoms with Gasteiger partial charge in [-0.2, -0.15) is 0 Å². The second kappa shape index (κ2) is 7.95. The van der Waals surface area contributed by atoms with Crippen molar-refractivity contribution in [2.75, 3.05) is 45.9 Å². The molecule has 0 unspecified atom stereocenters. The average Bonchev–Trinajstić information content (AvgIpc) is 2.84. The topological polar surface area (TPSA) is 79.0 Å². The van der Waals surface area contributed by atoms with Crippen molar-refractivity contribution in [3.8, 4) is 0 Å². The summed E-state index contributed by atoms with van der Waals surface area (Å²) in [6.45, 7) is 4.54. The predicted molar refractivity (Wildman–Crippen MR) is 91.7 cm³/mol. The van der Waals surface area contributed by atoms with Crippen LogP contribution in [-0.4, -0.2) is 73.5 Å². The number of carbonyl (C=O) groups is 3. The van der Waals surface area contributed by atoms with E-state index in [9.17, 15) is 14.4 Å². The SMILES string of the molecule is O=C(CCN1C(=O)c2ccc(Cl)cc2C1=O)NCCN1CCOCC1. The molecule has 1 aromatic rings. The van der Waals surface area contributed by atoms with Crippen molar-refractivity contribution in [3.05, 3.63) is 34.3 Å². The van der Waals surface area contributed by atoms with Gasteiger partial charge in [0, 0.05) is 44.2 Å². The molecule has 1 aromatic carbocycles. The summed E-state index contributed by atoms with van der Waals surface area (Å²) >= 11 is 5.87. The number of amides is 3. The number of halogens is 1. The highest BCUT2D eigenvalue weighted by Gasteiger charge is 2.35. The largest absolute Gasteiger partial charge is 0.379 e. The highest BCUT2D eigenvalue weighted by atomic mass is 35.5. The van der Waals surface area contributed by atoms with Gasteiger partial charge >= 0.3 is 0 Å². The molecule has 25 heavy (non-hydrogen) atoms. The van der Waals surface area contributed by atoms with Gasteiger partial charge in [0.05, 0.1) is 24.3 Å². The Balaban J connectivity index is 1.44. The summed E-state index contributed by atoms with van der Waals surface area (Å²) in [7, 11) is 0. The summed E-state index contributed by atoms with van der Waals surface area (Å²) in [6.07, 6.45) is 0.0856. The lowest BCUT2D eigenvalue weighted by atomic mass is 10.1. The van der Waals surface area contributed by atoms with Crippen LogP contribution in [0.5, 0.6) is 0 Å². The Labute approximate surface area is 150 Å². The average molecular weight is 366 g/mol. The summed E-state index contributed by atoms with van der Waals surface area (Å²) in [5.41, 5.74) is 0.632. The molecular weight excluding hydrogens is 346 g/mol. The smallest absolute Gasteiger partial charge is 0.261 e. The van der Waals surface area contributed by atoms with Crippen molar-refractivity contribution < 1.29 is 19.1 Å². The van der Waals surface area contributed by atoms with E-state index >= 15 is 0 Å². The molecule has 8 heteroatoms. The zero-order valence-corrected chi connectivity index (χ0v) is 14.6. The molecule has 134 valence electrons. The number of hydrogen-bond acceptors (Lipinski definition) is 5. The Morgan fingerprint density at radius 3 is 2.60 bits per heavy atom.